The third-order valence-electron chi connectivity index (χ3n) is 3.74. The van der Waals surface area contributed by atoms with Crippen molar-refractivity contribution in [2.24, 2.45) is 0 Å². The molecule has 1 aliphatic carbocycles. The van der Waals surface area contributed by atoms with E-state index in [1.807, 2.05) is 0 Å². The molecule has 1 saturated carbocycles. The maximum atomic E-state index is 11.9. The van der Waals surface area contributed by atoms with Gasteiger partial charge in [-0.2, -0.15) is 0 Å². The van der Waals surface area contributed by atoms with E-state index in [9.17, 15) is 14.4 Å². The minimum Gasteiger partial charge on any atom is -0.484 e. The Morgan fingerprint density at radius 2 is 1.57 bits per heavy atom. The molecule has 1 amide bonds. The maximum Gasteiger partial charge on any atom is 0.335 e. The number of aromatic carboxylic acids is 2. The molecule has 0 heterocycles. The van der Waals surface area contributed by atoms with Gasteiger partial charge in [0.1, 0.15) is 5.75 Å². The van der Waals surface area contributed by atoms with E-state index in [1.54, 1.807) is 0 Å². The lowest BCUT2D eigenvalue weighted by molar-refractivity contribution is -0.124. The van der Waals surface area contributed by atoms with Crippen molar-refractivity contribution in [3.63, 3.8) is 0 Å². The first-order valence-electron chi connectivity index (χ1n) is 7.49. The van der Waals surface area contributed by atoms with E-state index in [4.69, 9.17) is 14.9 Å². The molecule has 7 heteroatoms. The number of carbonyl (C=O) groups excluding carboxylic acids is 1. The summed E-state index contributed by atoms with van der Waals surface area (Å²) in [6, 6.07) is 3.59. The summed E-state index contributed by atoms with van der Waals surface area (Å²) in [7, 11) is 0. The molecule has 0 unspecified atom stereocenters. The summed E-state index contributed by atoms with van der Waals surface area (Å²) in [4.78, 5) is 33.9. The topological polar surface area (TPSA) is 113 Å². The number of carboxylic acids is 2. The van der Waals surface area contributed by atoms with Gasteiger partial charge in [-0.1, -0.05) is 19.3 Å². The molecule has 0 spiro atoms. The highest BCUT2D eigenvalue weighted by molar-refractivity contribution is 5.94. The number of rotatable bonds is 6. The Labute approximate surface area is 133 Å². The molecule has 1 fully saturated rings. The third-order valence-corrected chi connectivity index (χ3v) is 3.74. The van der Waals surface area contributed by atoms with Gasteiger partial charge in [-0.25, -0.2) is 9.59 Å². The van der Waals surface area contributed by atoms with Crippen LogP contribution < -0.4 is 10.1 Å². The predicted octanol–water partition coefficient (Wildman–Crippen LogP) is 1.91. The molecule has 3 N–H and O–H groups in total. The van der Waals surface area contributed by atoms with E-state index in [1.165, 1.54) is 18.6 Å². The zero-order valence-corrected chi connectivity index (χ0v) is 12.6. The van der Waals surface area contributed by atoms with E-state index in [0.717, 1.165) is 31.7 Å². The van der Waals surface area contributed by atoms with Crippen LogP contribution in [0.1, 0.15) is 52.8 Å². The standard InChI is InChI=1S/C16H19NO6/c18-14(17-12-4-2-1-3-5-12)9-23-13-7-10(15(19)20)6-11(8-13)16(21)22/h6-8,12H,1-5,9H2,(H,17,18)(H,19,20)(H,21,22). The number of carbonyl (C=O) groups is 3. The molecule has 124 valence electrons. The van der Waals surface area contributed by atoms with Crippen LogP contribution in [-0.4, -0.2) is 40.7 Å². The van der Waals surface area contributed by atoms with Gasteiger partial charge in [0.05, 0.1) is 11.1 Å². The summed E-state index contributed by atoms with van der Waals surface area (Å²) < 4.78 is 5.25. The molecule has 23 heavy (non-hydrogen) atoms. The van der Waals surface area contributed by atoms with E-state index < -0.39 is 11.9 Å². The van der Waals surface area contributed by atoms with Gasteiger partial charge in [0, 0.05) is 6.04 Å². The van der Waals surface area contributed by atoms with E-state index in [-0.39, 0.29) is 35.4 Å². The number of ether oxygens (including phenoxy) is 1. The number of hydrogen-bond donors (Lipinski definition) is 3. The van der Waals surface area contributed by atoms with Crippen LogP contribution in [0, 0.1) is 0 Å². The van der Waals surface area contributed by atoms with Crippen molar-refractivity contribution in [1.82, 2.24) is 5.32 Å². The predicted molar refractivity (Wildman–Crippen MR) is 80.9 cm³/mol. The molecule has 0 aliphatic heterocycles. The van der Waals surface area contributed by atoms with Crippen LogP contribution in [0.5, 0.6) is 5.75 Å². The summed E-state index contributed by atoms with van der Waals surface area (Å²) in [6.45, 7) is -0.279. The fourth-order valence-corrected chi connectivity index (χ4v) is 2.59. The largest absolute Gasteiger partial charge is 0.484 e. The zero-order chi connectivity index (χ0) is 16.8. The molecule has 1 aromatic carbocycles. The van der Waals surface area contributed by atoms with Gasteiger partial charge in [-0.15, -0.1) is 0 Å². The second-order valence-electron chi connectivity index (χ2n) is 5.55. The first-order chi connectivity index (χ1) is 11.0. The first kappa shape index (κ1) is 16.8. The number of nitrogens with one attached hydrogen (secondary N) is 1. The number of amides is 1. The monoisotopic (exact) mass is 321 g/mol. The van der Waals surface area contributed by atoms with Gasteiger partial charge in [-0.05, 0) is 31.0 Å². The highest BCUT2D eigenvalue weighted by Gasteiger charge is 2.17. The minimum atomic E-state index is -1.26. The Hall–Kier alpha value is -2.57. The average Bonchev–Trinajstić information content (AvgIpc) is 2.53. The summed E-state index contributed by atoms with van der Waals surface area (Å²) >= 11 is 0. The summed E-state index contributed by atoms with van der Waals surface area (Å²) in [5.41, 5.74) is -0.403. The zero-order valence-electron chi connectivity index (χ0n) is 12.6. The maximum absolute atomic E-state index is 11.9. The van der Waals surface area contributed by atoms with Gasteiger partial charge >= 0.3 is 11.9 Å². The van der Waals surface area contributed by atoms with Gasteiger partial charge in [0.2, 0.25) is 0 Å². The normalized spacial score (nSPS) is 15.0. The quantitative estimate of drug-likeness (QED) is 0.737. The molecule has 0 radical (unpaired) electrons. The lowest BCUT2D eigenvalue weighted by Gasteiger charge is -2.22. The third kappa shape index (κ3) is 4.98. The molecular weight excluding hydrogens is 302 g/mol. The first-order valence-corrected chi connectivity index (χ1v) is 7.49. The Balaban J connectivity index is 1.97. The number of benzene rings is 1. The van der Waals surface area contributed by atoms with Crippen LogP contribution in [0.25, 0.3) is 0 Å². The second kappa shape index (κ2) is 7.62. The summed E-state index contributed by atoms with van der Waals surface area (Å²) in [6.07, 6.45) is 5.26. The fourth-order valence-electron chi connectivity index (χ4n) is 2.59. The lowest BCUT2D eigenvalue weighted by Crippen LogP contribution is -2.39. The molecule has 2 rings (SSSR count). The molecule has 0 saturated heterocycles. The van der Waals surface area contributed by atoms with E-state index in [0.29, 0.717) is 0 Å². The summed E-state index contributed by atoms with van der Waals surface area (Å²) in [5.74, 6) is -2.77. The molecular formula is C16H19NO6. The van der Waals surface area contributed by atoms with Gasteiger partial charge < -0.3 is 20.3 Å². The highest BCUT2D eigenvalue weighted by atomic mass is 16.5. The van der Waals surface area contributed by atoms with Gasteiger partial charge in [0.25, 0.3) is 5.91 Å². The Bertz CT molecular complexity index is 574. The van der Waals surface area contributed by atoms with Crippen LogP contribution in [-0.2, 0) is 4.79 Å². The van der Waals surface area contributed by atoms with Crippen molar-refractivity contribution in [2.75, 3.05) is 6.61 Å². The van der Waals surface area contributed by atoms with Crippen molar-refractivity contribution >= 4 is 17.8 Å². The van der Waals surface area contributed by atoms with Crippen molar-refractivity contribution in [2.45, 2.75) is 38.1 Å². The Morgan fingerprint density at radius 3 is 2.09 bits per heavy atom. The van der Waals surface area contributed by atoms with Crippen LogP contribution >= 0.6 is 0 Å². The SMILES string of the molecule is O=C(COc1cc(C(=O)O)cc(C(=O)O)c1)NC1CCCCC1. The lowest BCUT2D eigenvalue weighted by atomic mass is 9.95. The Kier molecular flexibility index (Phi) is 5.56. The van der Waals surface area contributed by atoms with Crippen LogP contribution in [0.15, 0.2) is 18.2 Å². The van der Waals surface area contributed by atoms with Crippen molar-refractivity contribution in [1.29, 1.82) is 0 Å². The molecule has 0 aromatic heterocycles. The molecule has 0 atom stereocenters. The molecule has 1 aliphatic rings. The van der Waals surface area contributed by atoms with E-state index >= 15 is 0 Å². The van der Waals surface area contributed by atoms with Gasteiger partial charge in [-0.3, -0.25) is 4.79 Å². The Morgan fingerprint density at radius 1 is 1.00 bits per heavy atom. The molecule has 1 aromatic rings. The minimum absolute atomic E-state index is 0.0427. The highest BCUT2D eigenvalue weighted by Crippen LogP contribution is 2.19. The fraction of sp³-hybridized carbons (Fsp3) is 0.438. The van der Waals surface area contributed by atoms with Crippen molar-refractivity contribution in [3.05, 3.63) is 29.3 Å². The van der Waals surface area contributed by atoms with Crippen LogP contribution in [0.4, 0.5) is 0 Å². The van der Waals surface area contributed by atoms with Crippen LogP contribution in [0.2, 0.25) is 0 Å². The van der Waals surface area contributed by atoms with Crippen molar-refractivity contribution < 1.29 is 29.3 Å². The van der Waals surface area contributed by atoms with E-state index in [2.05, 4.69) is 5.32 Å². The van der Waals surface area contributed by atoms with Gasteiger partial charge in [0.15, 0.2) is 6.61 Å². The average molecular weight is 321 g/mol. The molecule has 0 bridgehead atoms. The second-order valence-corrected chi connectivity index (χ2v) is 5.55. The smallest absolute Gasteiger partial charge is 0.335 e. The number of carboxylic acid groups (broad SMARTS) is 2. The van der Waals surface area contributed by atoms with Crippen LogP contribution in [0.3, 0.4) is 0 Å². The summed E-state index contributed by atoms with van der Waals surface area (Å²) in [5, 5.41) is 20.8. The molecule has 7 nitrogen and oxygen atoms in total. The van der Waals surface area contributed by atoms with Crippen molar-refractivity contribution in [3.8, 4) is 5.75 Å². The number of hydrogen-bond acceptors (Lipinski definition) is 4.